The lowest BCUT2D eigenvalue weighted by atomic mass is 10.1. The second-order valence-electron chi connectivity index (χ2n) is 3.83. The summed E-state index contributed by atoms with van der Waals surface area (Å²) in [4.78, 5) is 12.8. The molecule has 0 atom stereocenters. The van der Waals surface area contributed by atoms with Crippen molar-refractivity contribution in [3.63, 3.8) is 0 Å². The Balaban J connectivity index is 2.58. The second-order valence-corrected chi connectivity index (χ2v) is 5.50. The molecule has 88 valence electrons. The molecule has 0 unspecified atom stereocenters. The summed E-state index contributed by atoms with van der Waals surface area (Å²) < 4.78 is 2.24. The molecule has 2 aromatic rings. The van der Waals surface area contributed by atoms with Crippen LogP contribution in [0, 0.1) is 10.9 Å². The lowest BCUT2D eigenvalue weighted by Gasteiger charge is -2.04. The van der Waals surface area contributed by atoms with Crippen LogP contribution in [0.2, 0.25) is 0 Å². The van der Waals surface area contributed by atoms with E-state index in [2.05, 4.69) is 0 Å². The van der Waals surface area contributed by atoms with E-state index in [0.29, 0.717) is 10.5 Å². The Kier molecular flexibility index (Phi) is 3.54. The number of aromatic nitrogens is 1. The lowest BCUT2D eigenvalue weighted by Crippen LogP contribution is -2.17. The average Bonchev–Trinajstić information content (AvgIpc) is 2.29. The molecule has 0 aliphatic heterocycles. The van der Waals surface area contributed by atoms with E-state index in [1.54, 1.807) is 10.6 Å². The Hall–Kier alpha value is -1.26. The van der Waals surface area contributed by atoms with Gasteiger partial charge in [0.05, 0.1) is 0 Å². The van der Waals surface area contributed by atoms with Crippen LogP contribution in [0.3, 0.4) is 0 Å². The van der Waals surface area contributed by atoms with Gasteiger partial charge >= 0.3 is 0 Å². The SMILES string of the molecule is CCn1c(=O)cc(-c2ccc(C)cc2)sc1=S. The molecule has 4 heteroatoms. The van der Waals surface area contributed by atoms with Gasteiger partial charge in [-0.1, -0.05) is 29.8 Å². The number of benzene rings is 1. The molecule has 0 aliphatic carbocycles. The number of nitrogens with zero attached hydrogens (tertiary/aromatic N) is 1. The minimum absolute atomic E-state index is 0.0215. The van der Waals surface area contributed by atoms with Gasteiger partial charge in [0.1, 0.15) is 0 Å². The molecule has 0 saturated carbocycles. The van der Waals surface area contributed by atoms with Crippen molar-refractivity contribution < 1.29 is 0 Å². The van der Waals surface area contributed by atoms with Crippen molar-refractivity contribution in [1.29, 1.82) is 0 Å². The van der Waals surface area contributed by atoms with Crippen molar-refractivity contribution >= 4 is 23.6 Å². The zero-order valence-electron chi connectivity index (χ0n) is 9.77. The summed E-state index contributed by atoms with van der Waals surface area (Å²) in [6, 6.07) is 9.78. The van der Waals surface area contributed by atoms with Gasteiger partial charge in [0.25, 0.3) is 5.56 Å². The van der Waals surface area contributed by atoms with Crippen LogP contribution < -0.4 is 5.56 Å². The van der Waals surface area contributed by atoms with Crippen LogP contribution in [0.5, 0.6) is 0 Å². The molecular formula is C13H13NOS2. The van der Waals surface area contributed by atoms with E-state index in [-0.39, 0.29) is 5.56 Å². The maximum absolute atomic E-state index is 11.8. The molecule has 0 aliphatic rings. The predicted molar refractivity (Wildman–Crippen MR) is 75.3 cm³/mol. The molecule has 0 spiro atoms. The topological polar surface area (TPSA) is 22.0 Å². The zero-order valence-corrected chi connectivity index (χ0v) is 11.4. The third-order valence-corrected chi connectivity index (χ3v) is 4.03. The fraction of sp³-hybridized carbons (Fsp3) is 0.231. The first-order chi connectivity index (χ1) is 8.11. The molecular weight excluding hydrogens is 250 g/mol. The van der Waals surface area contributed by atoms with Gasteiger partial charge in [-0.15, -0.1) is 11.3 Å². The highest BCUT2D eigenvalue weighted by Crippen LogP contribution is 2.23. The molecule has 2 nitrogen and oxygen atoms in total. The van der Waals surface area contributed by atoms with E-state index in [1.165, 1.54) is 16.9 Å². The third-order valence-electron chi connectivity index (χ3n) is 2.59. The van der Waals surface area contributed by atoms with E-state index in [9.17, 15) is 4.79 Å². The highest BCUT2D eigenvalue weighted by atomic mass is 32.1. The largest absolute Gasteiger partial charge is 0.291 e. The Morgan fingerprint density at radius 2 is 1.94 bits per heavy atom. The van der Waals surface area contributed by atoms with E-state index in [0.717, 1.165) is 10.4 Å². The highest BCUT2D eigenvalue weighted by molar-refractivity contribution is 7.73. The Morgan fingerprint density at radius 1 is 1.29 bits per heavy atom. The summed E-state index contributed by atoms with van der Waals surface area (Å²) in [5.74, 6) is 0. The van der Waals surface area contributed by atoms with Crippen molar-refractivity contribution in [2.45, 2.75) is 20.4 Å². The quantitative estimate of drug-likeness (QED) is 0.772. The summed E-state index contributed by atoms with van der Waals surface area (Å²) in [5.41, 5.74) is 2.23. The van der Waals surface area contributed by atoms with Crippen molar-refractivity contribution in [2.24, 2.45) is 0 Å². The van der Waals surface area contributed by atoms with E-state index >= 15 is 0 Å². The van der Waals surface area contributed by atoms with E-state index < -0.39 is 0 Å². The van der Waals surface area contributed by atoms with Crippen LogP contribution in [-0.4, -0.2) is 4.57 Å². The fourth-order valence-electron chi connectivity index (χ4n) is 1.60. The second kappa shape index (κ2) is 4.94. The molecule has 17 heavy (non-hydrogen) atoms. The Labute approximate surface area is 109 Å². The van der Waals surface area contributed by atoms with Gasteiger partial charge in [-0.2, -0.15) is 0 Å². The molecule has 1 heterocycles. The van der Waals surface area contributed by atoms with Gasteiger partial charge in [-0.25, -0.2) is 0 Å². The molecule has 0 fully saturated rings. The normalized spacial score (nSPS) is 10.5. The first-order valence-corrected chi connectivity index (χ1v) is 6.66. The minimum atomic E-state index is -0.0215. The highest BCUT2D eigenvalue weighted by Gasteiger charge is 2.03. The number of rotatable bonds is 2. The molecule has 1 aromatic heterocycles. The summed E-state index contributed by atoms with van der Waals surface area (Å²) in [5, 5.41) is 0. The van der Waals surface area contributed by atoms with Crippen LogP contribution in [0.25, 0.3) is 10.4 Å². The fourth-order valence-corrected chi connectivity index (χ4v) is 3.02. The monoisotopic (exact) mass is 263 g/mol. The summed E-state index contributed by atoms with van der Waals surface area (Å²) in [6.45, 7) is 4.60. The Bertz CT molecular complexity index is 606. The molecule has 0 N–H and O–H groups in total. The molecule has 2 rings (SSSR count). The zero-order chi connectivity index (χ0) is 12.4. The van der Waals surface area contributed by atoms with Crippen molar-refractivity contribution in [2.75, 3.05) is 0 Å². The predicted octanol–water partition coefficient (Wildman–Crippen LogP) is 3.63. The molecule has 0 amide bonds. The van der Waals surface area contributed by atoms with Gasteiger partial charge in [0.2, 0.25) is 0 Å². The van der Waals surface area contributed by atoms with E-state index in [4.69, 9.17) is 12.2 Å². The average molecular weight is 263 g/mol. The van der Waals surface area contributed by atoms with Crippen LogP contribution in [0.4, 0.5) is 0 Å². The van der Waals surface area contributed by atoms with Crippen LogP contribution >= 0.6 is 23.6 Å². The maximum Gasteiger partial charge on any atom is 0.253 e. The van der Waals surface area contributed by atoms with Crippen molar-refractivity contribution in [1.82, 2.24) is 4.57 Å². The van der Waals surface area contributed by atoms with Crippen molar-refractivity contribution in [3.05, 3.63) is 50.2 Å². The molecule has 1 aromatic carbocycles. The smallest absolute Gasteiger partial charge is 0.253 e. The van der Waals surface area contributed by atoms with Gasteiger partial charge in [-0.05, 0) is 31.6 Å². The van der Waals surface area contributed by atoms with Crippen molar-refractivity contribution in [3.8, 4) is 10.4 Å². The van der Waals surface area contributed by atoms with Crippen LogP contribution in [0.1, 0.15) is 12.5 Å². The number of aryl methyl sites for hydroxylation is 1. The van der Waals surface area contributed by atoms with Crippen LogP contribution in [0.15, 0.2) is 35.1 Å². The van der Waals surface area contributed by atoms with Gasteiger partial charge in [-0.3, -0.25) is 9.36 Å². The summed E-state index contributed by atoms with van der Waals surface area (Å²) >= 11 is 6.71. The molecule has 0 radical (unpaired) electrons. The first kappa shape index (κ1) is 12.2. The molecule has 0 bridgehead atoms. The van der Waals surface area contributed by atoms with E-state index in [1.807, 2.05) is 38.1 Å². The minimum Gasteiger partial charge on any atom is -0.291 e. The van der Waals surface area contributed by atoms with Gasteiger partial charge < -0.3 is 0 Å². The van der Waals surface area contributed by atoms with Crippen LogP contribution in [-0.2, 0) is 6.54 Å². The Morgan fingerprint density at radius 3 is 2.47 bits per heavy atom. The molecule has 0 saturated heterocycles. The van der Waals surface area contributed by atoms with Gasteiger partial charge in [0, 0.05) is 17.5 Å². The first-order valence-electron chi connectivity index (χ1n) is 5.44. The lowest BCUT2D eigenvalue weighted by molar-refractivity contribution is 0.729. The summed E-state index contributed by atoms with van der Waals surface area (Å²) in [6.07, 6.45) is 0. The maximum atomic E-state index is 11.8. The number of hydrogen-bond donors (Lipinski definition) is 0. The third kappa shape index (κ3) is 2.53. The standard InChI is InChI=1S/C13H13NOS2/c1-3-14-12(15)8-11(17-13(14)16)10-6-4-9(2)5-7-10/h4-8H,3H2,1-2H3. The summed E-state index contributed by atoms with van der Waals surface area (Å²) in [7, 11) is 0. The van der Waals surface area contributed by atoms with Gasteiger partial charge in [0.15, 0.2) is 3.95 Å². The number of hydrogen-bond acceptors (Lipinski definition) is 3.